The van der Waals surface area contributed by atoms with Gasteiger partial charge in [-0.15, -0.1) is 0 Å². The number of benzene rings is 2. The fraction of sp³-hybridized carbons (Fsp3) is 0.200. The molecule has 1 N–H and O–H groups in total. The zero-order chi connectivity index (χ0) is 18.8. The SMILES string of the molecule is CN(Cc1cnc(SCc2nc3ccccc3[nH]2)n1C)c1ccc(F)cc1. The molecule has 138 valence electrons. The van der Waals surface area contributed by atoms with E-state index < -0.39 is 0 Å². The molecule has 0 radical (unpaired) electrons. The molecular weight excluding hydrogens is 361 g/mol. The zero-order valence-electron chi connectivity index (χ0n) is 15.2. The molecule has 0 atom stereocenters. The van der Waals surface area contributed by atoms with Crippen LogP contribution in [0.15, 0.2) is 59.9 Å². The number of hydrogen-bond donors (Lipinski definition) is 1. The van der Waals surface area contributed by atoms with Gasteiger partial charge in [0.05, 0.1) is 35.2 Å². The van der Waals surface area contributed by atoms with E-state index in [1.165, 1.54) is 12.1 Å². The van der Waals surface area contributed by atoms with Gasteiger partial charge in [0.15, 0.2) is 5.16 Å². The van der Waals surface area contributed by atoms with Crippen LogP contribution in [0.25, 0.3) is 11.0 Å². The summed E-state index contributed by atoms with van der Waals surface area (Å²) in [4.78, 5) is 14.6. The number of fused-ring (bicyclic) bond motifs is 1. The fourth-order valence-corrected chi connectivity index (χ4v) is 3.78. The standard InChI is InChI=1S/C20H20FN5S/c1-25(15-9-7-14(21)8-10-15)12-16-11-22-20(26(16)2)27-13-19-23-17-5-3-4-6-18(17)24-19/h3-11H,12-13H2,1-2H3,(H,23,24). The van der Waals surface area contributed by atoms with E-state index in [1.54, 1.807) is 23.9 Å². The molecule has 0 saturated heterocycles. The van der Waals surface area contributed by atoms with E-state index in [4.69, 9.17) is 0 Å². The number of nitrogens with zero attached hydrogens (tertiary/aromatic N) is 4. The van der Waals surface area contributed by atoms with Gasteiger partial charge in [-0.3, -0.25) is 0 Å². The van der Waals surface area contributed by atoms with Gasteiger partial charge in [-0.05, 0) is 36.4 Å². The first-order valence-electron chi connectivity index (χ1n) is 8.64. The third kappa shape index (κ3) is 3.83. The van der Waals surface area contributed by atoms with Crippen molar-refractivity contribution in [2.45, 2.75) is 17.5 Å². The maximum Gasteiger partial charge on any atom is 0.168 e. The molecular formula is C20H20FN5S. The summed E-state index contributed by atoms with van der Waals surface area (Å²) < 4.78 is 15.2. The van der Waals surface area contributed by atoms with Gasteiger partial charge in [0.25, 0.3) is 0 Å². The number of nitrogens with one attached hydrogen (secondary N) is 1. The first-order valence-corrected chi connectivity index (χ1v) is 9.62. The molecule has 0 spiro atoms. The summed E-state index contributed by atoms with van der Waals surface area (Å²) in [6.07, 6.45) is 1.89. The van der Waals surface area contributed by atoms with E-state index in [9.17, 15) is 4.39 Å². The monoisotopic (exact) mass is 381 g/mol. The van der Waals surface area contributed by atoms with Crippen molar-refractivity contribution in [1.82, 2.24) is 19.5 Å². The van der Waals surface area contributed by atoms with Crippen molar-refractivity contribution in [3.63, 3.8) is 0 Å². The van der Waals surface area contributed by atoms with E-state index in [2.05, 4.69) is 24.4 Å². The molecule has 5 nitrogen and oxygen atoms in total. The molecule has 0 aliphatic heterocycles. The smallest absolute Gasteiger partial charge is 0.168 e. The normalized spacial score (nSPS) is 11.2. The molecule has 0 amide bonds. The van der Waals surface area contributed by atoms with E-state index in [-0.39, 0.29) is 5.82 Å². The molecule has 4 rings (SSSR count). The third-order valence-electron chi connectivity index (χ3n) is 4.48. The van der Waals surface area contributed by atoms with Crippen LogP contribution in [-0.4, -0.2) is 26.6 Å². The average Bonchev–Trinajstić information content (AvgIpc) is 3.24. The van der Waals surface area contributed by atoms with E-state index in [0.29, 0.717) is 6.54 Å². The predicted molar refractivity (Wildman–Crippen MR) is 107 cm³/mol. The Kier molecular flexibility index (Phi) is 4.85. The van der Waals surface area contributed by atoms with Crippen molar-refractivity contribution in [2.75, 3.05) is 11.9 Å². The highest BCUT2D eigenvalue weighted by Crippen LogP contribution is 2.24. The number of rotatable bonds is 6. The summed E-state index contributed by atoms with van der Waals surface area (Å²) in [5.41, 5.74) is 4.09. The number of aromatic amines is 1. The lowest BCUT2D eigenvalue weighted by molar-refractivity contribution is 0.627. The Labute approximate surface area is 161 Å². The number of para-hydroxylation sites is 2. The molecule has 0 unspecified atom stereocenters. The van der Waals surface area contributed by atoms with Gasteiger partial charge in [0.2, 0.25) is 0 Å². The number of hydrogen-bond acceptors (Lipinski definition) is 4. The van der Waals surface area contributed by atoms with Crippen molar-refractivity contribution >= 4 is 28.5 Å². The van der Waals surface area contributed by atoms with Crippen molar-refractivity contribution in [3.05, 3.63) is 72.1 Å². The quantitative estimate of drug-likeness (QED) is 0.504. The maximum atomic E-state index is 13.1. The van der Waals surface area contributed by atoms with Crippen molar-refractivity contribution in [1.29, 1.82) is 0 Å². The summed E-state index contributed by atoms with van der Waals surface area (Å²) in [7, 11) is 4.00. The Morgan fingerprint density at radius 3 is 2.70 bits per heavy atom. The second kappa shape index (κ2) is 7.44. The first-order chi connectivity index (χ1) is 13.1. The molecule has 0 saturated carbocycles. The lowest BCUT2D eigenvalue weighted by Crippen LogP contribution is -2.18. The third-order valence-corrected chi connectivity index (χ3v) is 5.54. The number of aromatic nitrogens is 4. The molecule has 2 aromatic heterocycles. The van der Waals surface area contributed by atoms with Gasteiger partial charge in [-0.1, -0.05) is 23.9 Å². The molecule has 0 aliphatic carbocycles. The van der Waals surface area contributed by atoms with E-state index in [0.717, 1.165) is 39.1 Å². The molecule has 2 aromatic carbocycles. The Morgan fingerprint density at radius 1 is 1.15 bits per heavy atom. The molecule has 27 heavy (non-hydrogen) atoms. The molecule has 2 heterocycles. The summed E-state index contributed by atoms with van der Waals surface area (Å²) in [6, 6.07) is 14.5. The Hall–Kier alpha value is -2.80. The lowest BCUT2D eigenvalue weighted by atomic mass is 10.3. The van der Waals surface area contributed by atoms with Crippen LogP contribution in [0.2, 0.25) is 0 Å². The maximum absolute atomic E-state index is 13.1. The number of halogens is 1. The van der Waals surface area contributed by atoms with Crippen LogP contribution in [-0.2, 0) is 19.3 Å². The van der Waals surface area contributed by atoms with E-state index >= 15 is 0 Å². The minimum absolute atomic E-state index is 0.225. The highest BCUT2D eigenvalue weighted by Gasteiger charge is 2.11. The van der Waals surface area contributed by atoms with Crippen LogP contribution < -0.4 is 4.90 Å². The Balaban J connectivity index is 1.43. The fourth-order valence-electron chi connectivity index (χ4n) is 2.94. The molecule has 0 fully saturated rings. The van der Waals surface area contributed by atoms with Gasteiger partial charge in [0.1, 0.15) is 11.6 Å². The van der Waals surface area contributed by atoms with Gasteiger partial charge in [-0.2, -0.15) is 0 Å². The van der Waals surface area contributed by atoms with Crippen LogP contribution in [0.3, 0.4) is 0 Å². The molecule has 0 bridgehead atoms. The van der Waals surface area contributed by atoms with Crippen LogP contribution in [0.5, 0.6) is 0 Å². The van der Waals surface area contributed by atoms with Crippen molar-refractivity contribution in [2.24, 2.45) is 7.05 Å². The minimum Gasteiger partial charge on any atom is -0.369 e. The summed E-state index contributed by atoms with van der Waals surface area (Å²) in [5.74, 6) is 1.44. The zero-order valence-corrected chi connectivity index (χ0v) is 16.0. The summed E-state index contributed by atoms with van der Waals surface area (Å²) in [6.45, 7) is 0.695. The topological polar surface area (TPSA) is 49.7 Å². The second-order valence-corrected chi connectivity index (χ2v) is 7.36. The van der Waals surface area contributed by atoms with Gasteiger partial charge in [0, 0.05) is 19.8 Å². The van der Waals surface area contributed by atoms with Crippen LogP contribution in [0, 0.1) is 5.82 Å². The Bertz CT molecular complexity index is 1020. The lowest BCUT2D eigenvalue weighted by Gasteiger charge is -2.19. The van der Waals surface area contributed by atoms with Crippen LogP contribution >= 0.6 is 11.8 Å². The Morgan fingerprint density at radius 2 is 1.93 bits per heavy atom. The number of H-pyrrole nitrogens is 1. The highest BCUT2D eigenvalue weighted by molar-refractivity contribution is 7.98. The summed E-state index contributed by atoms with van der Waals surface area (Å²) in [5, 5.41) is 0.943. The number of anilines is 1. The highest BCUT2D eigenvalue weighted by atomic mass is 32.2. The van der Waals surface area contributed by atoms with Crippen molar-refractivity contribution in [3.8, 4) is 0 Å². The van der Waals surface area contributed by atoms with Crippen LogP contribution in [0.4, 0.5) is 10.1 Å². The predicted octanol–water partition coefficient (Wildman–Crippen LogP) is 4.36. The van der Waals surface area contributed by atoms with Crippen LogP contribution in [0.1, 0.15) is 11.5 Å². The molecule has 4 aromatic rings. The van der Waals surface area contributed by atoms with Crippen molar-refractivity contribution < 1.29 is 4.39 Å². The first kappa shape index (κ1) is 17.6. The number of thioether (sulfide) groups is 1. The molecule has 0 aliphatic rings. The minimum atomic E-state index is -0.225. The summed E-state index contributed by atoms with van der Waals surface area (Å²) >= 11 is 1.65. The van der Waals surface area contributed by atoms with Gasteiger partial charge >= 0.3 is 0 Å². The largest absolute Gasteiger partial charge is 0.369 e. The second-order valence-electron chi connectivity index (χ2n) is 6.41. The average molecular weight is 381 g/mol. The van der Waals surface area contributed by atoms with Gasteiger partial charge in [-0.25, -0.2) is 14.4 Å². The molecule has 7 heteroatoms. The van der Waals surface area contributed by atoms with Gasteiger partial charge < -0.3 is 14.5 Å². The number of imidazole rings is 2. The van der Waals surface area contributed by atoms with E-state index in [1.807, 2.05) is 44.6 Å².